The zero-order valence-corrected chi connectivity index (χ0v) is 11.9. The molecule has 1 aromatic carbocycles. The molecule has 1 unspecified atom stereocenters. The molecule has 1 atom stereocenters. The van der Waals surface area contributed by atoms with Crippen LogP contribution in [0.5, 0.6) is 5.75 Å². The number of hydrogen-bond acceptors (Lipinski definition) is 2. The van der Waals surface area contributed by atoms with E-state index in [0.717, 1.165) is 18.4 Å². The molecular formula is C16H24FNO. The maximum atomic E-state index is 14.1. The van der Waals surface area contributed by atoms with Crippen molar-refractivity contribution in [3.63, 3.8) is 0 Å². The lowest BCUT2D eigenvalue weighted by atomic mass is 9.67. The molecule has 2 N–H and O–H groups in total. The maximum absolute atomic E-state index is 14.1. The Morgan fingerprint density at radius 1 is 1.32 bits per heavy atom. The summed E-state index contributed by atoms with van der Waals surface area (Å²) >= 11 is 0. The van der Waals surface area contributed by atoms with Gasteiger partial charge in [0.25, 0.3) is 0 Å². The Hall–Kier alpha value is -1.09. The highest BCUT2D eigenvalue weighted by Crippen LogP contribution is 2.44. The zero-order chi connectivity index (χ0) is 13.9. The number of ether oxygens (including phenoxy) is 1. The summed E-state index contributed by atoms with van der Waals surface area (Å²) in [4.78, 5) is 0. The van der Waals surface area contributed by atoms with Gasteiger partial charge in [-0.25, -0.2) is 4.39 Å². The molecule has 0 amide bonds. The monoisotopic (exact) mass is 265 g/mol. The van der Waals surface area contributed by atoms with E-state index in [9.17, 15) is 4.39 Å². The van der Waals surface area contributed by atoms with Crippen LogP contribution in [0.1, 0.15) is 56.3 Å². The molecule has 0 bridgehead atoms. The summed E-state index contributed by atoms with van der Waals surface area (Å²) in [6, 6.07) is 5.82. The van der Waals surface area contributed by atoms with Crippen molar-refractivity contribution in [2.24, 2.45) is 5.73 Å². The van der Waals surface area contributed by atoms with Crippen molar-refractivity contribution in [3.05, 3.63) is 29.3 Å². The van der Waals surface area contributed by atoms with E-state index in [1.54, 1.807) is 14.0 Å². The second-order valence-corrected chi connectivity index (χ2v) is 5.58. The molecule has 1 aliphatic carbocycles. The molecule has 0 aromatic heterocycles. The number of methoxy groups -OCH3 is 1. The van der Waals surface area contributed by atoms with Gasteiger partial charge in [-0.15, -0.1) is 0 Å². The average Bonchev–Trinajstić information content (AvgIpc) is 2.46. The lowest BCUT2D eigenvalue weighted by molar-refractivity contribution is 0.284. The van der Waals surface area contributed by atoms with Crippen molar-refractivity contribution in [1.29, 1.82) is 0 Å². The van der Waals surface area contributed by atoms with Crippen molar-refractivity contribution in [2.45, 2.75) is 50.6 Å². The van der Waals surface area contributed by atoms with Gasteiger partial charge in [-0.2, -0.15) is 0 Å². The molecule has 0 spiro atoms. The molecule has 0 aliphatic heterocycles. The fraction of sp³-hybridized carbons (Fsp3) is 0.625. The van der Waals surface area contributed by atoms with Crippen LogP contribution < -0.4 is 10.5 Å². The van der Waals surface area contributed by atoms with Gasteiger partial charge >= 0.3 is 0 Å². The quantitative estimate of drug-likeness (QED) is 0.896. The highest BCUT2D eigenvalue weighted by atomic mass is 19.1. The third-order valence-corrected chi connectivity index (χ3v) is 4.46. The van der Waals surface area contributed by atoms with E-state index >= 15 is 0 Å². The molecule has 2 nitrogen and oxygen atoms in total. The predicted molar refractivity (Wildman–Crippen MR) is 76.3 cm³/mol. The van der Waals surface area contributed by atoms with Crippen LogP contribution in [0.15, 0.2) is 18.2 Å². The molecule has 3 heteroatoms. The molecule has 1 fully saturated rings. The van der Waals surface area contributed by atoms with Crippen LogP contribution in [0.3, 0.4) is 0 Å². The molecule has 0 saturated heterocycles. The molecule has 19 heavy (non-hydrogen) atoms. The van der Waals surface area contributed by atoms with Gasteiger partial charge < -0.3 is 10.5 Å². The summed E-state index contributed by atoms with van der Waals surface area (Å²) < 4.78 is 19.4. The highest BCUT2D eigenvalue weighted by Gasteiger charge is 2.36. The van der Waals surface area contributed by atoms with Crippen LogP contribution in [0.2, 0.25) is 0 Å². The van der Waals surface area contributed by atoms with Crippen molar-refractivity contribution >= 4 is 0 Å². The van der Waals surface area contributed by atoms with Gasteiger partial charge in [-0.1, -0.05) is 31.4 Å². The largest absolute Gasteiger partial charge is 0.496 e. The van der Waals surface area contributed by atoms with Crippen molar-refractivity contribution in [1.82, 2.24) is 0 Å². The van der Waals surface area contributed by atoms with Crippen LogP contribution in [0.4, 0.5) is 4.39 Å². The van der Waals surface area contributed by atoms with Gasteiger partial charge in [0.15, 0.2) is 0 Å². The normalized spacial score (nSPS) is 20.0. The number of alkyl halides is 1. The molecule has 1 aromatic rings. The number of hydrogen-bond donors (Lipinski definition) is 1. The van der Waals surface area contributed by atoms with Crippen LogP contribution >= 0.6 is 0 Å². The lowest BCUT2D eigenvalue weighted by Crippen LogP contribution is -2.38. The topological polar surface area (TPSA) is 35.2 Å². The van der Waals surface area contributed by atoms with Crippen LogP contribution in [0.25, 0.3) is 0 Å². The summed E-state index contributed by atoms with van der Waals surface area (Å²) in [5.41, 5.74) is 7.75. The van der Waals surface area contributed by atoms with Gasteiger partial charge in [-0.3, -0.25) is 0 Å². The van der Waals surface area contributed by atoms with Crippen LogP contribution in [-0.2, 0) is 5.41 Å². The van der Waals surface area contributed by atoms with E-state index in [1.165, 1.54) is 19.3 Å². The second-order valence-electron chi connectivity index (χ2n) is 5.58. The minimum absolute atomic E-state index is 0.0670. The number of benzene rings is 1. The van der Waals surface area contributed by atoms with E-state index in [2.05, 4.69) is 0 Å². The first-order valence-corrected chi connectivity index (χ1v) is 7.16. The van der Waals surface area contributed by atoms with E-state index in [4.69, 9.17) is 10.5 Å². The molecule has 106 valence electrons. The Bertz CT molecular complexity index is 425. The molecule has 1 saturated carbocycles. The van der Waals surface area contributed by atoms with E-state index in [1.807, 2.05) is 18.2 Å². The summed E-state index contributed by atoms with van der Waals surface area (Å²) in [7, 11) is 1.60. The lowest BCUT2D eigenvalue weighted by Gasteiger charge is -2.38. The Kier molecular flexibility index (Phi) is 4.46. The Balaban J connectivity index is 2.53. The number of halogens is 1. The number of nitrogens with two attached hydrogens (primary N) is 1. The summed E-state index contributed by atoms with van der Waals surface area (Å²) in [6.45, 7) is 2.16. The molecule has 0 heterocycles. The summed E-state index contributed by atoms with van der Waals surface area (Å²) in [6.07, 6.45) is 4.68. The van der Waals surface area contributed by atoms with Crippen molar-refractivity contribution < 1.29 is 9.13 Å². The van der Waals surface area contributed by atoms with Crippen molar-refractivity contribution in [3.8, 4) is 5.75 Å². The average molecular weight is 265 g/mol. The molecular weight excluding hydrogens is 241 g/mol. The van der Waals surface area contributed by atoms with Crippen LogP contribution in [-0.4, -0.2) is 13.7 Å². The van der Waals surface area contributed by atoms with Gasteiger partial charge in [0, 0.05) is 17.5 Å². The Morgan fingerprint density at radius 2 is 2.00 bits per heavy atom. The number of rotatable bonds is 4. The predicted octanol–water partition coefficient (Wildman–Crippen LogP) is 3.89. The fourth-order valence-electron chi connectivity index (χ4n) is 3.41. The van der Waals surface area contributed by atoms with Gasteiger partial charge in [0.1, 0.15) is 11.9 Å². The van der Waals surface area contributed by atoms with E-state index in [-0.39, 0.29) is 5.41 Å². The minimum atomic E-state index is -1.03. The minimum Gasteiger partial charge on any atom is -0.496 e. The third kappa shape index (κ3) is 2.62. The molecule has 1 aliphatic rings. The molecule has 2 rings (SSSR count). The summed E-state index contributed by atoms with van der Waals surface area (Å²) in [5, 5.41) is 0. The van der Waals surface area contributed by atoms with Crippen molar-refractivity contribution in [2.75, 3.05) is 13.7 Å². The SMILES string of the molecule is COc1cccc(C2(CN)CCCCC2)c1C(C)F. The fourth-order valence-corrected chi connectivity index (χ4v) is 3.41. The first-order valence-electron chi connectivity index (χ1n) is 7.16. The van der Waals surface area contributed by atoms with Gasteiger partial charge in [0.2, 0.25) is 0 Å². The Labute approximate surface area is 115 Å². The first-order chi connectivity index (χ1) is 9.14. The summed E-state index contributed by atoms with van der Waals surface area (Å²) in [5.74, 6) is 0.644. The first kappa shape index (κ1) is 14.3. The standard InChI is InChI=1S/C16H24FNO/c1-12(17)15-13(7-6-8-14(15)19-2)16(11-18)9-4-3-5-10-16/h6-8,12H,3-5,9-11,18H2,1-2H3. The Morgan fingerprint density at radius 3 is 2.53 bits per heavy atom. The molecule has 0 radical (unpaired) electrons. The third-order valence-electron chi connectivity index (χ3n) is 4.46. The van der Waals surface area contributed by atoms with E-state index in [0.29, 0.717) is 17.9 Å². The van der Waals surface area contributed by atoms with Gasteiger partial charge in [-0.05, 0) is 31.4 Å². The zero-order valence-electron chi connectivity index (χ0n) is 11.9. The second kappa shape index (κ2) is 5.91. The maximum Gasteiger partial charge on any atom is 0.126 e. The van der Waals surface area contributed by atoms with Crippen LogP contribution in [0, 0.1) is 0 Å². The highest BCUT2D eigenvalue weighted by molar-refractivity contribution is 5.46. The van der Waals surface area contributed by atoms with Gasteiger partial charge in [0.05, 0.1) is 7.11 Å². The van der Waals surface area contributed by atoms with E-state index < -0.39 is 6.17 Å². The smallest absolute Gasteiger partial charge is 0.126 e.